The van der Waals surface area contributed by atoms with Gasteiger partial charge < -0.3 is 10.1 Å². The second kappa shape index (κ2) is 8.07. The molecule has 158 valence electrons. The molecule has 2 fully saturated rings. The van der Waals surface area contributed by atoms with Crippen molar-refractivity contribution >= 4 is 28.9 Å². The van der Waals surface area contributed by atoms with E-state index >= 15 is 0 Å². The maximum absolute atomic E-state index is 14.5. The van der Waals surface area contributed by atoms with Gasteiger partial charge in [-0.2, -0.15) is 18.4 Å². The molecular weight excluding hydrogens is 434 g/mol. The van der Waals surface area contributed by atoms with Gasteiger partial charge in [-0.15, -0.1) is 0 Å². The van der Waals surface area contributed by atoms with E-state index in [-0.39, 0.29) is 17.5 Å². The van der Waals surface area contributed by atoms with Crippen LogP contribution >= 0.6 is 11.8 Å². The van der Waals surface area contributed by atoms with Gasteiger partial charge >= 0.3 is 6.18 Å². The highest BCUT2D eigenvalue weighted by Crippen LogP contribution is 2.39. The van der Waals surface area contributed by atoms with E-state index in [2.05, 4.69) is 10.3 Å². The number of nitrogens with one attached hydrogen (secondary N) is 1. The third-order valence-electron chi connectivity index (χ3n) is 4.39. The van der Waals surface area contributed by atoms with Gasteiger partial charge in [0.05, 0.1) is 28.1 Å². The molecule has 0 aromatic heterocycles. The maximum atomic E-state index is 14.5. The summed E-state index contributed by atoms with van der Waals surface area (Å²) in [5.41, 5.74) is -1.04. The van der Waals surface area contributed by atoms with E-state index in [0.717, 1.165) is 42.8 Å². The Balaban J connectivity index is 1.56. The minimum atomic E-state index is -4.78. The molecule has 2 aliphatic rings. The monoisotopic (exact) mass is 447 g/mol. The van der Waals surface area contributed by atoms with Crippen LogP contribution in [0.2, 0.25) is 0 Å². The van der Waals surface area contributed by atoms with Crippen molar-refractivity contribution in [2.45, 2.75) is 25.1 Å². The first-order valence-corrected chi connectivity index (χ1v) is 9.92. The molecule has 0 radical (unpaired) electrons. The predicted molar refractivity (Wildman–Crippen MR) is 107 cm³/mol. The Morgan fingerprint density at radius 3 is 2.58 bits per heavy atom. The average molecular weight is 447 g/mol. The molecule has 2 aromatic rings. The first kappa shape index (κ1) is 20.9. The number of hydrogen-bond donors (Lipinski definition) is 1. The van der Waals surface area contributed by atoms with Crippen LogP contribution in [-0.4, -0.2) is 17.1 Å². The number of thioether (sulfide) groups is 1. The second-order valence-corrected chi connectivity index (χ2v) is 7.87. The number of benzene rings is 2. The van der Waals surface area contributed by atoms with Gasteiger partial charge in [-0.1, -0.05) is 6.07 Å². The van der Waals surface area contributed by atoms with Gasteiger partial charge in [0.2, 0.25) is 0 Å². The fraction of sp³-hybridized carbons (Fsp3) is 0.190. The zero-order chi connectivity index (χ0) is 22.2. The van der Waals surface area contributed by atoms with Gasteiger partial charge in [0, 0.05) is 0 Å². The lowest BCUT2D eigenvalue weighted by atomic mass is 10.1. The van der Waals surface area contributed by atoms with Crippen molar-refractivity contribution in [1.82, 2.24) is 5.32 Å². The molecule has 4 rings (SSSR count). The Hall–Kier alpha value is -3.32. The number of alkyl halides is 3. The highest BCUT2D eigenvalue weighted by molar-refractivity contribution is 8.18. The number of nitriles is 1. The minimum Gasteiger partial charge on any atom is -0.454 e. The summed E-state index contributed by atoms with van der Waals surface area (Å²) >= 11 is 1.15. The molecule has 2 aromatic carbocycles. The van der Waals surface area contributed by atoms with E-state index in [4.69, 9.17) is 10.00 Å². The third kappa shape index (κ3) is 4.88. The van der Waals surface area contributed by atoms with Crippen molar-refractivity contribution in [2.24, 2.45) is 4.99 Å². The van der Waals surface area contributed by atoms with Crippen molar-refractivity contribution in [3.05, 3.63) is 63.8 Å². The summed E-state index contributed by atoms with van der Waals surface area (Å²) in [6.45, 7) is 0. The van der Waals surface area contributed by atoms with Crippen LogP contribution in [0.1, 0.15) is 29.5 Å². The highest BCUT2D eigenvalue weighted by Gasteiger charge is 2.35. The number of aliphatic imine (C=N–C) groups is 1. The van der Waals surface area contributed by atoms with Crippen LogP contribution in [-0.2, 0) is 11.0 Å². The summed E-state index contributed by atoms with van der Waals surface area (Å²) in [5.74, 6) is -2.29. The van der Waals surface area contributed by atoms with E-state index in [1.54, 1.807) is 6.07 Å². The molecule has 31 heavy (non-hydrogen) atoms. The van der Waals surface area contributed by atoms with Crippen LogP contribution in [0.3, 0.4) is 0 Å². The Morgan fingerprint density at radius 1 is 1.19 bits per heavy atom. The minimum absolute atomic E-state index is 0.195. The predicted octanol–water partition coefficient (Wildman–Crippen LogP) is 5.23. The standard InChI is InChI=1S/C21H13F4N3O2S/c22-15-8-11(9-18-19(29)28-20(31-18)27-13-3-4-13)1-6-17(15)30-16-5-2-12(10-26)7-14(16)21(23,24)25/h1-2,5-9,13H,3-4H2,(H,27,28,29)/b18-9-. The van der Waals surface area contributed by atoms with Crippen LogP contribution in [0, 0.1) is 17.1 Å². The molecule has 1 saturated carbocycles. The molecule has 1 heterocycles. The van der Waals surface area contributed by atoms with Gasteiger partial charge in [-0.05, 0) is 66.6 Å². The van der Waals surface area contributed by atoms with Gasteiger partial charge in [0.1, 0.15) is 5.75 Å². The molecule has 0 spiro atoms. The number of ether oxygens (including phenoxy) is 1. The number of nitrogens with zero attached hydrogens (tertiary/aromatic N) is 2. The normalized spacial score (nSPS) is 18.9. The lowest BCUT2D eigenvalue weighted by Gasteiger charge is -2.14. The number of hydrogen-bond acceptors (Lipinski definition) is 5. The van der Waals surface area contributed by atoms with Gasteiger partial charge in [-0.25, -0.2) is 4.39 Å². The molecule has 1 saturated heterocycles. The summed E-state index contributed by atoms with van der Waals surface area (Å²) < 4.78 is 59.5. The average Bonchev–Trinajstić information content (AvgIpc) is 3.46. The van der Waals surface area contributed by atoms with Gasteiger partial charge in [0.25, 0.3) is 5.91 Å². The summed E-state index contributed by atoms with van der Waals surface area (Å²) in [6, 6.07) is 8.28. The first-order valence-electron chi connectivity index (χ1n) is 9.10. The molecule has 1 aliphatic heterocycles. The Bertz CT molecular complexity index is 1160. The van der Waals surface area contributed by atoms with Crippen LogP contribution in [0.15, 0.2) is 46.3 Å². The van der Waals surface area contributed by atoms with E-state index in [9.17, 15) is 22.4 Å². The zero-order valence-corrected chi connectivity index (χ0v) is 16.5. The summed E-state index contributed by atoms with van der Waals surface area (Å²) in [5, 5.41) is 12.0. The van der Waals surface area contributed by atoms with E-state index in [1.165, 1.54) is 18.2 Å². The van der Waals surface area contributed by atoms with Crippen molar-refractivity contribution in [1.29, 1.82) is 5.26 Å². The fourth-order valence-corrected chi connectivity index (χ4v) is 3.62. The smallest absolute Gasteiger partial charge is 0.420 e. The number of amides is 1. The van der Waals surface area contributed by atoms with Crippen LogP contribution in [0.5, 0.6) is 11.5 Å². The number of carbonyl (C=O) groups is 1. The molecule has 5 nitrogen and oxygen atoms in total. The summed E-state index contributed by atoms with van der Waals surface area (Å²) in [6.07, 6.45) is -1.34. The SMILES string of the molecule is N#Cc1ccc(Oc2ccc(/C=C3\SC(=NC4CC4)NC3=O)cc2F)c(C(F)(F)F)c1. The van der Waals surface area contributed by atoms with Gasteiger partial charge in [0.15, 0.2) is 16.7 Å². The lowest BCUT2D eigenvalue weighted by molar-refractivity contribution is -0.138. The molecule has 10 heteroatoms. The molecule has 0 unspecified atom stereocenters. The van der Waals surface area contributed by atoms with Crippen molar-refractivity contribution in [2.75, 3.05) is 0 Å². The largest absolute Gasteiger partial charge is 0.454 e. The number of amidine groups is 1. The summed E-state index contributed by atoms with van der Waals surface area (Å²) in [7, 11) is 0. The molecule has 1 amide bonds. The fourth-order valence-electron chi connectivity index (χ4n) is 2.73. The van der Waals surface area contributed by atoms with Crippen LogP contribution in [0.25, 0.3) is 6.08 Å². The van der Waals surface area contributed by atoms with Crippen LogP contribution < -0.4 is 10.1 Å². The lowest BCUT2D eigenvalue weighted by Crippen LogP contribution is -2.20. The molecular formula is C21H13F4N3O2S. The number of halogens is 4. The molecule has 0 bridgehead atoms. The Kier molecular flexibility index (Phi) is 5.45. The van der Waals surface area contributed by atoms with E-state index in [0.29, 0.717) is 21.7 Å². The quantitative estimate of drug-likeness (QED) is 0.515. The topological polar surface area (TPSA) is 74.5 Å². The zero-order valence-electron chi connectivity index (χ0n) is 15.7. The molecule has 0 atom stereocenters. The third-order valence-corrected chi connectivity index (χ3v) is 5.31. The van der Waals surface area contributed by atoms with Crippen LogP contribution in [0.4, 0.5) is 17.6 Å². The number of carbonyl (C=O) groups excluding carboxylic acids is 1. The van der Waals surface area contributed by atoms with Crippen molar-refractivity contribution < 1.29 is 27.1 Å². The van der Waals surface area contributed by atoms with E-state index in [1.807, 2.05) is 0 Å². The second-order valence-electron chi connectivity index (χ2n) is 6.84. The Morgan fingerprint density at radius 2 is 1.94 bits per heavy atom. The van der Waals surface area contributed by atoms with Crippen molar-refractivity contribution in [3.63, 3.8) is 0 Å². The maximum Gasteiger partial charge on any atom is 0.420 e. The van der Waals surface area contributed by atoms with E-state index < -0.39 is 29.1 Å². The summed E-state index contributed by atoms with van der Waals surface area (Å²) in [4.78, 5) is 16.7. The molecule has 1 aliphatic carbocycles. The molecule has 1 N–H and O–H groups in total. The highest BCUT2D eigenvalue weighted by atomic mass is 32.2. The van der Waals surface area contributed by atoms with Gasteiger partial charge in [-0.3, -0.25) is 9.79 Å². The van der Waals surface area contributed by atoms with Crippen molar-refractivity contribution in [3.8, 4) is 17.6 Å². The first-order chi connectivity index (χ1) is 14.7. The Labute approximate surface area is 178 Å². The number of rotatable bonds is 4.